The molecule has 0 aliphatic rings. The maximum atomic E-state index is 13.3. The van der Waals surface area contributed by atoms with Crippen molar-refractivity contribution in [1.29, 1.82) is 0 Å². The molecule has 0 saturated carbocycles. The summed E-state index contributed by atoms with van der Waals surface area (Å²) in [6, 6.07) is 2.20. The number of benzene rings is 1. The number of rotatable bonds is 2. The van der Waals surface area contributed by atoms with E-state index in [1.165, 1.54) is 0 Å². The lowest BCUT2D eigenvalue weighted by atomic mass is 10.2. The van der Waals surface area contributed by atoms with Gasteiger partial charge in [-0.2, -0.15) is 13.2 Å². The molecule has 0 atom stereocenters. The van der Waals surface area contributed by atoms with Crippen molar-refractivity contribution in [2.75, 3.05) is 5.32 Å². The molecule has 106 valence electrons. The molecular weight excluding hydrogens is 305 g/mol. The number of carbonyl (C=O) groups excluding carboxylic acids is 1. The quantitative estimate of drug-likeness (QED) is 0.867. The molecule has 10 heteroatoms. The summed E-state index contributed by atoms with van der Waals surface area (Å²) in [6.07, 6.45) is -4.68. The van der Waals surface area contributed by atoms with Crippen molar-refractivity contribution < 1.29 is 26.7 Å². The normalized spacial score (nSPS) is 11.4. The van der Waals surface area contributed by atoms with E-state index in [0.29, 0.717) is 6.07 Å². The molecule has 0 unspecified atom stereocenters. The fourth-order valence-corrected chi connectivity index (χ4v) is 1.83. The molecule has 0 aliphatic carbocycles. The number of alkyl halides is 3. The van der Waals surface area contributed by atoms with Crippen LogP contribution in [0.5, 0.6) is 0 Å². The lowest BCUT2D eigenvalue weighted by molar-refractivity contribution is -0.138. The molecule has 1 heterocycles. The van der Waals surface area contributed by atoms with E-state index in [4.69, 9.17) is 0 Å². The van der Waals surface area contributed by atoms with E-state index in [-0.39, 0.29) is 11.3 Å². The largest absolute Gasteiger partial charge is 0.445 e. The van der Waals surface area contributed by atoms with Gasteiger partial charge in [0.05, 0.1) is 5.56 Å². The maximum Gasteiger partial charge on any atom is 0.445 e. The number of hydrogen-bond acceptors (Lipinski definition) is 4. The second kappa shape index (κ2) is 5.12. The first-order valence-electron chi connectivity index (χ1n) is 4.94. The van der Waals surface area contributed by atoms with Gasteiger partial charge < -0.3 is 0 Å². The molecule has 0 radical (unpaired) electrons. The Morgan fingerprint density at radius 3 is 2.45 bits per heavy atom. The third kappa shape index (κ3) is 3.07. The molecule has 0 bridgehead atoms. The molecule has 1 amide bonds. The number of aromatic nitrogens is 2. The maximum absolute atomic E-state index is 13.3. The Hall–Kier alpha value is -2.10. The molecule has 20 heavy (non-hydrogen) atoms. The van der Waals surface area contributed by atoms with Crippen LogP contribution in [0.15, 0.2) is 18.2 Å². The molecule has 2 aromatic rings. The van der Waals surface area contributed by atoms with Crippen LogP contribution in [0.4, 0.5) is 27.1 Å². The van der Waals surface area contributed by atoms with Gasteiger partial charge in [0.25, 0.3) is 5.91 Å². The van der Waals surface area contributed by atoms with Crippen molar-refractivity contribution in [3.63, 3.8) is 0 Å². The zero-order valence-electron chi connectivity index (χ0n) is 9.33. The van der Waals surface area contributed by atoms with Crippen molar-refractivity contribution in [3.05, 3.63) is 40.4 Å². The minimum absolute atomic E-state index is 0.0961. The van der Waals surface area contributed by atoms with Gasteiger partial charge in [-0.3, -0.25) is 10.1 Å². The predicted octanol–water partition coefficient (Wildman–Crippen LogP) is 3.09. The summed E-state index contributed by atoms with van der Waals surface area (Å²) in [7, 11) is 0. The molecule has 1 aromatic heterocycles. The Bertz CT molecular complexity index is 655. The first-order chi connectivity index (χ1) is 9.27. The van der Waals surface area contributed by atoms with Crippen LogP contribution < -0.4 is 5.32 Å². The summed E-state index contributed by atoms with van der Waals surface area (Å²) < 4.78 is 62.7. The number of halogens is 5. The van der Waals surface area contributed by atoms with Crippen molar-refractivity contribution in [3.8, 4) is 0 Å². The zero-order chi connectivity index (χ0) is 14.9. The Morgan fingerprint density at radius 2 is 1.90 bits per heavy atom. The Kier molecular flexibility index (Phi) is 3.66. The Morgan fingerprint density at radius 1 is 1.20 bits per heavy atom. The minimum atomic E-state index is -4.68. The van der Waals surface area contributed by atoms with Gasteiger partial charge in [-0.05, 0) is 12.1 Å². The van der Waals surface area contributed by atoms with Gasteiger partial charge in [0.15, 0.2) is 0 Å². The van der Waals surface area contributed by atoms with E-state index in [1.54, 1.807) is 0 Å². The number of nitrogens with one attached hydrogen (secondary N) is 1. The average Bonchev–Trinajstić information content (AvgIpc) is 2.76. The van der Waals surface area contributed by atoms with Crippen molar-refractivity contribution in [1.82, 2.24) is 10.2 Å². The molecule has 1 N–H and O–H groups in total. The summed E-state index contributed by atoms with van der Waals surface area (Å²) in [5.74, 6) is -3.07. The highest BCUT2D eigenvalue weighted by Crippen LogP contribution is 2.33. The first kappa shape index (κ1) is 14.3. The smallest absolute Gasteiger partial charge is 0.296 e. The van der Waals surface area contributed by atoms with Gasteiger partial charge in [-0.25, -0.2) is 8.78 Å². The van der Waals surface area contributed by atoms with Crippen molar-refractivity contribution in [2.45, 2.75) is 6.18 Å². The topological polar surface area (TPSA) is 54.9 Å². The van der Waals surface area contributed by atoms with E-state index >= 15 is 0 Å². The van der Waals surface area contributed by atoms with Crippen LogP contribution in [0.3, 0.4) is 0 Å². The first-order valence-corrected chi connectivity index (χ1v) is 5.76. The molecular formula is C10H4F5N3OS. The summed E-state index contributed by atoms with van der Waals surface area (Å²) in [5, 5.41) is 6.23. The number of amides is 1. The summed E-state index contributed by atoms with van der Waals surface area (Å²) in [6.45, 7) is 0. The zero-order valence-corrected chi connectivity index (χ0v) is 10.1. The van der Waals surface area contributed by atoms with E-state index in [2.05, 4.69) is 10.2 Å². The highest BCUT2D eigenvalue weighted by Gasteiger charge is 2.35. The van der Waals surface area contributed by atoms with Crippen LogP contribution >= 0.6 is 11.3 Å². The van der Waals surface area contributed by atoms with Gasteiger partial charge in [-0.1, -0.05) is 11.3 Å². The number of anilines is 1. The van der Waals surface area contributed by atoms with Gasteiger partial charge >= 0.3 is 6.18 Å². The molecule has 1 aromatic carbocycles. The van der Waals surface area contributed by atoms with E-state index in [1.807, 2.05) is 5.32 Å². The number of carbonyl (C=O) groups is 1. The van der Waals surface area contributed by atoms with Crippen LogP contribution in [0.2, 0.25) is 0 Å². The number of hydrogen-bond donors (Lipinski definition) is 1. The lowest BCUT2D eigenvalue weighted by Crippen LogP contribution is -2.13. The fourth-order valence-electron chi connectivity index (χ4n) is 1.23. The van der Waals surface area contributed by atoms with Crippen LogP contribution in [0, 0.1) is 11.6 Å². The van der Waals surface area contributed by atoms with E-state index in [9.17, 15) is 26.7 Å². The van der Waals surface area contributed by atoms with Crippen LogP contribution in [0.1, 0.15) is 15.4 Å². The van der Waals surface area contributed by atoms with Gasteiger partial charge in [0, 0.05) is 6.07 Å². The molecule has 4 nitrogen and oxygen atoms in total. The summed E-state index contributed by atoms with van der Waals surface area (Å²) >= 11 is 0.0961. The minimum Gasteiger partial charge on any atom is -0.296 e. The standard InChI is InChI=1S/C10H4F5N3OS/c11-4-1-2-5(6(12)3-4)7(19)16-9-18-17-8(20-9)10(13,14)15/h1-3H,(H,16,18,19). The highest BCUT2D eigenvalue weighted by molar-refractivity contribution is 7.15. The van der Waals surface area contributed by atoms with Crippen molar-refractivity contribution >= 4 is 22.4 Å². The fraction of sp³-hybridized carbons (Fsp3) is 0.100. The predicted molar refractivity (Wildman–Crippen MR) is 59.2 cm³/mol. The third-order valence-corrected chi connectivity index (χ3v) is 2.95. The van der Waals surface area contributed by atoms with Crippen LogP contribution in [-0.4, -0.2) is 16.1 Å². The van der Waals surface area contributed by atoms with Crippen LogP contribution in [-0.2, 0) is 6.18 Å². The molecule has 2 rings (SSSR count). The molecule has 0 aliphatic heterocycles. The van der Waals surface area contributed by atoms with Gasteiger partial charge in [-0.15, -0.1) is 10.2 Å². The SMILES string of the molecule is O=C(Nc1nnc(C(F)(F)F)s1)c1ccc(F)cc1F. The van der Waals surface area contributed by atoms with Gasteiger partial charge in [0.2, 0.25) is 10.1 Å². The second-order valence-electron chi connectivity index (χ2n) is 3.49. The molecule has 0 spiro atoms. The lowest BCUT2D eigenvalue weighted by Gasteiger charge is -2.02. The van der Waals surface area contributed by atoms with Crippen molar-refractivity contribution in [2.24, 2.45) is 0 Å². The highest BCUT2D eigenvalue weighted by atomic mass is 32.1. The monoisotopic (exact) mass is 309 g/mol. The summed E-state index contributed by atoms with van der Waals surface area (Å²) in [4.78, 5) is 11.6. The van der Waals surface area contributed by atoms with Crippen LogP contribution in [0.25, 0.3) is 0 Å². The Labute approximate surface area is 112 Å². The molecule has 0 saturated heterocycles. The third-order valence-electron chi connectivity index (χ3n) is 2.06. The second-order valence-corrected chi connectivity index (χ2v) is 4.47. The average molecular weight is 309 g/mol. The Balaban J connectivity index is 2.17. The molecule has 0 fully saturated rings. The number of nitrogens with zero attached hydrogens (tertiary/aromatic N) is 2. The van der Waals surface area contributed by atoms with Gasteiger partial charge in [0.1, 0.15) is 11.6 Å². The van der Waals surface area contributed by atoms with E-state index < -0.39 is 39.4 Å². The van der Waals surface area contributed by atoms with E-state index in [0.717, 1.165) is 12.1 Å². The summed E-state index contributed by atoms with van der Waals surface area (Å²) in [5.41, 5.74) is -0.518.